The highest BCUT2D eigenvalue weighted by Gasteiger charge is 2.04. The van der Waals surface area contributed by atoms with Crippen LogP contribution < -0.4 is 5.73 Å². The van der Waals surface area contributed by atoms with Gasteiger partial charge >= 0.3 is 5.97 Å². The van der Waals surface area contributed by atoms with Crippen LogP contribution in [0.3, 0.4) is 0 Å². The molecule has 0 aromatic rings. The zero-order valence-electron chi connectivity index (χ0n) is 9.78. The van der Waals surface area contributed by atoms with Gasteiger partial charge in [-0.1, -0.05) is 20.4 Å². The number of nitrogens with zero attached hydrogens (tertiary/aromatic N) is 2. The normalized spacial score (nSPS) is 10.5. The number of hydrogen-bond donors (Lipinski definition) is 1. The average Bonchev–Trinajstić information content (AvgIpc) is 2.28. The number of hydrogen-bond acceptors (Lipinski definition) is 4. The quantitative estimate of drug-likeness (QED) is 0.329. The lowest BCUT2D eigenvalue weighted by Crippen LogP contribution is -2.13. The third kappa shape index (κ3) is 8.67. The lowest BCUT2D eigenvalue weighted by molar-refractivity contribution is -0.138. The molecule has 0 fully saturated rings. The van der Waals surface area contributed by atoms with Gasteiger partial charge in [0.05, 0.1) is 12.8 Å². The second kappa shape index (κ2) is 10.4. The number of rotatable bonds is 4. The van der Waals surface area contributed by atoms with Gasteiger partial charge in [-0.05, 0) is 6.92 Å². The maximum absolute atomic E-state index is 10.9. The molecule has 5 nitrogen and oxygen atoms in total. The van der Waals surface area contributed by atoms with Crippen molar-refractivity contribution in [2.75, 3.05) is 13.7 Å². The van der Waals surface area contributed by atoms with Gasteiger partial charge in [-0.25, -0.2) is 9.79 Å². The molecule has 0 saturated carbocycles. The molecular formula is C10H19N3O2. The summed E-state index contributed by atoms with van der Waals surface area (Å²) in [5, 5.41) is 0. The Kier molecular flexibility index (Phi) is 11.0. The van der Waals surface area contributed by atoms with Crippen LogP contribution in [0.25, 0.3) is 0 Å². The van der Waals surface area contributed by atoms with Crippen molar-refractivity contribution < 1.29 is 9.53 Å². The average molecular weight is 213 g/mol. The van der Waals surface area contributed by atoms with E-state index in [9.17, 15) is 4.79 Å². The van der Waals surface area contributed by atoms with Gasteiger partial charge in [0, 0.05) is 7.05 Å². The molecule has 0 saturated heterocycles. The summed E-state index contributed by atoms with van der Waals surface area (Å²) < 4.78 is 4.64. The lowest BCUT2D eigenvalue weighted by atomic mass is 10.5. The Balaban J connectivity index is 0. The van der Waals surface area contributed by atoms with E-state index in [1.165, 1.54) is 13.3 Å². The van der Waals surface area contributed by atoms with E-state index in [0.29, 0.717) is 6.61 Å². The molecule has 2 N–H and O–H groups in total. The van der Waals surface area contributed by atoms with Crippen LogP contribution in [0.1, 0.15) is 20.8 Å². The van der Waals surface area contributed by atoms with Gasteiger partial charge in [-0.2, -0.15) is 0 Å². The Morgan fingerprint density at radius 1 is 1.53 bits per heavy atom. The fourth-order valence-electron chi connectivity index (χ4n) is 0.469. The summed E-state index contributed by atoms with van der Waals surface area (Å²) in [6.45, 7) is 9.40. The van der Waals surface area contributed by atoms with Crippen LogP contribution in [0.5, 0.6) is 0 Å². The standard InChI is InChI=1S/C8H13N3O2.C2H6/c1-4-13-8(12)6(2)11-5-7(9)10-3;1-2/h5H,2,4H2,1,3H3,(H2,9,10);1-2H3. The van der Waals surface area contributed by atoms with E-state index < -0.39 is 5.97 Å². The molecule has 0 aliphatic rings. The molecule has 0 unspecified atom stereocenters. The van der Waals surface area contributed by atoms with Crippen molar-refractivity contribution in [3.8, 4) is 0 Å². The summed E-state index contributed by atoms with van der Waals surface area (Å²) in [5.74, 6) is -0.326. The second-order valence-corrected chi connectivity index (χ2v) is 2.07. The van der Waals surface area contributed by atoms with Crippen molar-refractivity contribution in [1.82, 2.24) is 0 Å². The molecule has 0 atom stereocenters. The minimum atomic E-state index is -0.553. The molecule has 86 valence electrons. The maximum Gasteiger partial charge on any atom is 0.356 e. The summed E-state index contributed by atoms with van der Waals surface area (Å²) in [6, 6.07) is 0. The third-order valence-corrected chi connectivity index (χ3v) is 1.12. The molecule has 0 aliphatic carbocycles. The number of nitrogens with two attached hydrogens (primary N) is 1. The topological polar surface area (TPSA) is 77.0 Å². The van der Waals surface area contributed by atoms with E-state index in [0.717, 1.165) is 0 Å². The Hall–Kier alpha value is -1.65. The van der Waals surface area contributed by atoms with Gasteiger partial charge < -0.3 is 10.5 Å². The highest BCUT2D eigenvalue weighted by Crippen LogP contribution is 1.94. The van der Waals surface area contributed by atoms with Gasteiger partial charge in [0.1, 0.15) is 11.5 Å². The van der Waals surface area contributed by atoms with E-state index in [2.05, 4.69) is 21.3 Å². The SMILES string of the molecule is C=C(N=CC(N)=NC)C(=O)OCC.CC. The van der Waals surface area contributed by atoms with Gasteiger partial charge in [-0.15, -0.1) is 0 Å². The monoisotopic (exact) mass is 213 g/mol. The summed E-state index contributed by atoms with van der Waals surface area (Å²) >= 11 is 0. The predicted octanol–water partition coefficient (Wildman–Crippen LogP) is 1.15. The first-order chi connectivity index (χ1) is 7.11. The molecule has 0 aliphatic heterocycles. The number of carbonyl (C=O) groups is 1. The largest absolute Gasteiger partial charge is 0.461 e. The smallest absolute Gasteiger partial charge is 0.356 e. The zero-order valence-corrected chi connectivity index (χ0v) is 9.78. The maximum atomic E-state index is 10.9. The summed E-state index contributed by atoms with van der Waals surface area (Å²) in [5.41, 5.74) is 5.31. The van der Waals surface area contributed by atoms with Crippen LogP contribution in [-0.2, 0) is 9.53 Å². The number of ether oxygens (including phenoxy) is 1. The van der Waals surface area contributed by atoms with Crippen LogP contribution in [0.2, 0.25) is 0 Å². The van der Waals surface area contributed by atoms with E-state index >= 15 is 0 Å². The highest BCUT2D eigenvalue weighted by atomic mass is 16.5. The second-order valence-electron chi connectivity index (χ2n) is 2.07. The molecular weight excluding hydrogens is 194 g/mol. The fourth-order valence-corrected chi connectivity index (χ4v) is 0.469. The number of aliphatic imine (C=N–C) groups is 2. The Morgan fingerprint density at radius 3 is 2.47 bits per heavy atom. The number of carbonyl (C=O) groups excluding carboxylic acids is 1. The van der Waals surface area contributed by atoms with Crippen LogP contribution >= 0.6 is 0 Å². The summed E-state index contributed by atoms with van der Waals surface area (Å²) in [7, 11) is 1.52. The van der Waals surface area contributed by atoms with Gasteiger partial charge in [0.2, 0.25) is 0 Å². The van der Waals surface area contributed by atoms with Crippen LogP contribution in [0.4, 0.5) is 0 Å². The van der Waals surface area contributed by atoms with Crippen molar-refractivity contribution in [1.29, 1.82) is 0 Å². The molecule has 5 heteroatoms. The Labute approximate surface area is 90.7 Å². The zero-order chi connectivity index (χ0) is 12.3. The molecule has 0 radical (unpaired) electrons. The molecule has 0 heterocycles. The molecule has 0 bridgehead atoms. The van der Waals surface area contributed by atoms with Crippen molar-refractivity contribution >= 4 is 18.0 Å². The number of esters is 1. The molecule has 0 rings (SSSR count). The number of amidine groups is 1. The first kappa shape index (κ1) is 15.8. The molecule has 0 aromatic heterocycles. The molecule has 0 spiro atoms. The van der Waals surface area contributed by atoms with Gasteiger partial charge in [0.25, 0.3) is 0 Å². The molecule has 15 heavy (non-hydrogen) atoms. The van der Waals surface area contributed by atoms with E-state index in [1.54, 1.807) is 6.92 Å². The summed E-state index contributed by atoms with van der Waals surface area (Å²) in [6.07, 6.45) is 1.25. The first-order valence-corrected chi connectivity index (χ1v) is 4.74. The fraction of sp³-hybridized carbons (Fsp3) is 0.500. The van der Waals surface area contributed by atoms with Crippen molar-refractivity contribution in [3.63, 3.8) is 0 Å². The first-order valence-electron chi connectivity index (χ1n) is 4.74. The Bertz CT molecular complexity index is 257. The highest BCUT2D eigenvalue weighted by molar-refractivity contribution is 6.29. The van der Waals surface area contributed by atoms with Gasteiger partial charge in [-0.3, -0.25) is 4.99 Å². The minimum absolute atomic E-state index is 0.00782. The molecule has 0 amide bonds. The van der Waals surface area contributed by atoms with Crippen LogP contribution in [-0.4, -0.2) is 31.7 Å². The van der Waals surface area contributed by atoms with Crippen LogP contribution in [0, 0.1) is 0 Å². The Morgan fingerprint density at radius 2 is 2.07 bits per heavy atom. The third-order valence-electron chi connectivity index (χ3n) is 1.12. The van der Waals surface area contributed by atoms with Crippen molar-refractivity contribution in [3.05, 3.63) is 12.3 Å². The van der Waals surface area contributed by atoms with Gasteiger partial charge in [0.15, 0.2) is 0 Å². The summed E-state index contributed by atoms with van der Waals surface area (Å²) in [4.78, 5) is 18.2. The van der Waals surface area contributed by atoms with E-state index in [-0.39, 0.29) is 11.5 Å². The van der Waals surface area contributed by atoms with Crippen molar-refractivity contribution in [2.24, 2.45) is 15.7 Å². The lowest BCUT2D eigenvalue weighted by Gasteiger charge is -1.98. The van der Waals surface area contributed by atoms with E-state index in [1.807, 2.05) is 13.8 Å². The molecule has 0 aromatic carbocycles. The van der Waals surface area contributed by atoms with Crippen LogP contribution in [0.15, 0.2) is 22.3 Å². The van der Waals surface area contributed by atoms with E-state index in [4.69, 9.17) is 5.73 Å². The van der Waals surface area contributed by atoms with Crippen molar-refractivity contribution in [2.45, 2.75) is 20.8 Å². The predicted molar refractivity (Wildman–Crippen MR) is 63.2 cm³/mol. The minimum Gasteiger partial charge on any atom is -0.461 e.